The van der Waals surface area contributed by atoms with Gasteiger partial charge in [-0.05, 0) is 54.9 Å². The molecule has 1 aliphatic carbocycles. The third-order valence-electron chi connectivity index (χ3n) is 6.60. The molecular weight excluding hydrogens is 462 g/mol. The number of amides is 3. The van der Waals surface area contributed by atoms with Crippen LogP contribution in [0.2, 0.25) is 0 Å². The second-order valence-electron chi connectivity index (χ2n) is 8.72. The number of nitrogens with zero attached hydrogens (tertiary/aromatic N) is 1. The summed E-state index contributed by atoms with van der Waals surface area (Å²) in [5.74, 6) is -0.654. The van der Waals surface area contributed by atoms with E-state index in [2.05, 4.69) is 10.6 Å². The van der Waals surface area contributed by atoms with Crippen molar-refractivity contribution in [1.29, 1.82) is 0 Å². The van der Waals surface area contributed by atoms with Crippen LogP contribution in [0.3, 0.4) is 0 Å². The maximum atomic E-state index is 13.7. The molecule has 0 spiro atoms. The highest BCUT2D eigenvalue weighted by Gasteiger charge is 2.33. The number of ether oxygens (including phenoxy) is 1. The molecule has 180 valence electrons. The lowest BCUT2D eigenvalue weighted by atomic mass is 9.95. The van der Waals surface area contributed by atoms with Gasteiger partial charge in [0.1, 0.15) is 11.0 Å². The molecule has 2 aromatic carbocycles. The van der Waals surface area contributed by atoms with Crippen LogP contribution in [-0.2, 0) is 28.8 Å². The number of hydrogen-bond acceptors (Lipinski definition) is 5. The molecular formula is C27H27N3O4S. The number of hydrogen-bond donors (Lipinski definition) is 2. The Morgan fingerprint density at radius 1 is 0.971 bits per heavy atom. The summed E-state index contributed by atoms with van der Waals surface area (Å²) in [6.07, 6.45) is 4.51. The number of esters is 1. The molecule has 0 saturated heterocycles. The van der Waals surface area contributed by atoms with Crippen LogP contribution in [0, 0.1) is 0 Å². The number of thiophene rings is 1. The minimum Gasteiger partial charge on any atom is -0.465 e. The number of anilines is 2. The normalized spacial score (nSPS) is 15.1. The van der Waals surface area contributed by atoms with Gasteiger partial charge in [-0.3, -0.25) is 10.1 Å². The Kier molecular flexibility index (Phi) is 6.55. The van der Waals surface area contributed by atoms with Crippen molar-refractivity contribution in [2.75, 3.05) is 23.9 Å². The molecule has 2 aliphatic rings. The summed E-state index contributed by atoms with van der Waals surface area (Å²) in [7, 11) is 1.34. The van der Waals surface area contributed by atoms with E-state index < -0.39 is 18.0 Å². The molecule has 0 bridgehead atoms. The van der Waals surface area contributed by atoms with Gasteiger partial charge in [0.15, 0.2) is 0 Å². The van der Waals surface area contributed by atoms with Crippen LogP contribution in [0.25, 0.3) is 0 Å². The van der Waals surface area contributed by atoms with Gasteiger partial charge in [-0.25, -0.2) is 9.59 Å². The fourth-order valence-electron chi connectivity index (χ4n) is 4.90. The SMILES string of the molecule is COC(=O)c1c(NC(=O)N[C@@H](C(=O)N2CCc3ccccc32)c2ccccc2)sc2c1CCCC2. The molecule has 0 unspecified atom stereocenters. The molecule has 1 atom stereocenters. The number of carbonyl (C=O) groups is 3. The summed E-state index contributed by atoms with van der Waals surface area (Å²) < 4.78 is 5.01. The molecule has 3 aromatic rings. The van der Waals surface area contributed by atoms with Crippen LogP contribution in [0.4, 0.5) is 15.5 Å². The molecule has 7 nitrogen and oxygen atoms in total. The first-order valence-electron chi connectivity index (χ1n) is 11.8. The van der Waals surface area contributed by atoms with Crippen molar-refractivity contribution in [3.63, 3.8) is 0 Å². The average molecular weight is 490 g/mol. The fraction of sp³-hybridized carbons (Fsp3) is 0.296. The topological polar surface area (TPSA) is 87.7 Å². The lowest BCUT2D eigenvalue weighted by Crippen LogP contribution is -2.44. The molecule has 1 aromatic heterocycles. The maximum absolute atomic E-state index is 13.7. The smallest absolute Gasteiger partial charge is 0.341 e. The molecule has 0 fully saturated rings. The first-order chi connectivity index (χ1) is 17.1. The van der Waals surface area contributed by atoms with E-state index in [1.165, 1.54) is 18.4 Å². The Morgan fingerprint density at radius 3 is 2.51 bits per heavy atom. The molecule has 8 heteroatoms. The second kappa shape index (κ2) is 9.92. The standard InChI is InChI=1S/C27H27N3O4S/c1-34-26(32)22-19-12-6-8-14-21(19)35-24(22)29-27(33)28-23(18-10-3-2-4-11-18)25(31)30-16-15-17-9-5-7-13-20(17)30/h2-5,7,9-11,13,23H,6,8,12,14-16H2,1H3,(H2,28,29,33)/t23-/m1/s1. The number of aryl methyl sites for hydroxylation is 1. The van der Waals surface area contributed by atoms with Gasteiger partial charge >= 0.3 is 12.0 Å². The van der Waals surface area contributed by atoms with E-state index in [0.717, 1.165) is 53.8 Å². The number of carbonyl (C=O) groups excluding carboxylic acids is 3. The molecule has 3 amide bonds. The van der Waals surface area contributed by atoms with Crippen LogP contribution in [0.1, 0.15) is 50.8 Å². The quantitative estimate of drug-likeness (QED) is 0.501. The maximum Gasteiger partial charge on any atom is 0.341 e. The number of fused-ring (bicyclic) bond motifs is 2. The number of rotatable bonds is 5. The van der Waals surface area contributed by atoms with E-state index in [1.54, 1.807) is 4.90 Å². The highest BCUT2D eigenvalue weighted by molar-refractivity contribution is 7.17. The molecule has 0 radical (unpaired) electrons. The van der Waals surface area contributed by atoms with Gasteiger partial charge in [-0.1, -0.05) is 48.5 Å². The Balaban J connectivity index is 1.41. The van der Waals surface area contributed by atoms with Gasteiger partial charge in [0, 0.05) is 17.1 Å². The zero-order chi connectivity index (χ0) is 24.4. The van der Waals surface area contributed by atoms with Crippen molar-refractivity contribution < 1.29 is 19.1 Å². The van der Waals surface area contributed by atoms with Gasteiger partial charge in [0.25, 0.3) is 5.91 Å². The number of nitrogens with one attached hydrogen (secondary N) is 2. The van der Waals surface area contributed by atoms with Gasteiger partial charge in [0.2, 0.25) is 0 Å². The van der Waals surface area contributed by atoms with E-state index in [0.29, 0.717) is 22.7 Å². The highest BCUT2D eigenvalue weighted by atomic mass is 32.1. The van der Waals surface area contributed by atoms with Crippen LogP contribution < -0.4 is 15.5 Å². The molecule has 2 N–H and O–H groups in total. The largest absolute Gasteiger partial charge is 0.465 e. The van der Waals surface area contributed by atoms with Gasteiger partial charge in [-0.15, -0.1) is 11.3 Å². The number of para-hydroxylation sites is 1. The highest BCUT2D eigenvalue weighted by Crippen LogP contribution is 2.38. The predicted octanol–water partition coefficient (Wildman–Crippen LogP) is 4.87. The number of benzene rings is 2. The lowest BCUT2D eigenvalue weighted by Gasteiger charge is -2.25. The lowest BCUT2D eigenvalue weighted by molar-refractivity contribution is -0.120. The van der Waals surface area contributed by atoms with E-state index in [4.69, 9.17) is 4.74 Å². The summed E-state index contributed by atoms with van der Waals surface area (Å²) >= 11 is 1.41. The monoisotopic (exact) mass is 489 g/mol. The Hall–Kier alpha value is -3.65. The minimum atomic E-state index is -0.876. The van der Waals surface area contributed by atoms with E-state index in [-0.39, 0.29) is 5.91 Å². The molecule has 1 aliphatic heterocycles. The Bertz CT molecular complexity index is 1270. The van der Waals surface area contributed by atoms with Crippen molar-refractivity contribution in [3.05, 3.63) is 81.7 Å². The first-order valence-corrected chi connectivity index (χ1v) is 12.6. The fourth-order valence-corrected chi connectivity index (χ4v) is 6.17. The third-order valence-corrected chi connectivity index (χ3v) is 7.80. The number of methoxy groups -OCH3 is 1. The second-order valence-corrected chi connectivity index (χ2v) is 9.82. The minimum absolute atomic E-state index is 0.199. The van der Waals surface area contributed by atoms with Crippen LogP contribution >= 0.6 is 11.3 Å². The summed E-state index contributed by atoms with van der Waals surface area (Å²) in [4.78, 5) is 42.3. The Morgan fingerprint density at radius 2 is 1.71 bits per heavy atom. The third kappa shape index (κ3) is 4.53. The van der Waals surface area contributed by atoms with Crippen LogP contribution in [-0.4, -0.2) is 31.6 Å². The van der Waals surface area contributed by atoms with Crippen LogP contribution in [0.5, 0.6) is 0 Å². The van der Waals surface area contributed by atoms with Crippen molar-refractivity contribution in [3.8, 4) is 0 Å². The zero-order valence-electron chi connectivity index (χ0n) is 19.5. The van der Waals surface area contributed by atoms with Crippen molar-refractivity contribution in [2.45, 2.75) is 38.1 Å². The summed E-state index contributed by atoms with van der Waals surface area (Å²) in [5, 5.41) is 6.18. The van der Waals surface area contributed by atoms with Gasteiger partial charge < -0.3 is 15.0 Å². The zero-order valence-corrected chi connectivity index (χ0v) is 20.3. The van der Waals surface area contributed by atoms with Crippen molar-refractivity contribution >= 4 is 39.9 Å². The molecule has 35 heavy (non-hydrogen) atoms. The number of urea groups is 1. The predicted molar refractivity (Wildman–Crippen MR) is 136 cm³/mol. The average Bonchev–Trinajstić information content (AvgIpc) is 3.48. The molecule has 0 saturated carbocycles. The van der Waals surface area contributed by atoms with Crippen molar-refractivity contribution in [1.82, 2.24) is 5.32 Å². The summed E-state index contributed by atoms with van der Waals surface area (Å²) in [6.45, 7) is 0.564. The molecule has 2 heterocycles. The summed E-state index contributed by atoms with van der Waals surface area (Å²) in [5.41, 5.74) is 4.07. The van der Waals surface area contributed by atoms with Crippen molar-refractivity contribution in [2.24, 2.45) is 0 Å². The van der Waals surface area contributed by atoms with E-state index >= 15 is 0 Å². The first kappa shape index (κ1) is 23.1. The summed E-state index contributed by atoms with van der Waals surface area (Å²) in [6, 6.07) is 15.6. The van der Waals surface area contributed by atoms with Crippen LogP contribution in [0.15, 0.2) is 54.6 Å². The Labute approximate surface area is 208 Å². The van der Waals surface area contributed by atoms with Gasteiger partial charge in [-0.2, -0.15) is 0 Å². The molecule has 5 rings (SSSR count). The van der Waals surface area contributed by atoms with Gasteiger partial charge in [0.05, 0.1) is 12.7 Å². The van der Waals surface area contributed by atoms with E-state index in [1.807, 2.05) is 54.6 Å². The van der Waals surface area contributed by atoms with E-state index in [9.17, 15) is 14.4 Å².